The van der Waals surface area contributed by atoms with Crippen molar-refractivity contribution < 1.29 is 4.42 Å². The highest BCUT2D eigenvalue weighted by Crippen LogP contribution is 2.57. The summed E-state index contributed by atoms with van der Waals surface area (Å²) in [7, 11) is 0. The molecule has 0 N–H and O–H groups in total. The van der Waals surface area contributed by atoms with Crippen molar-refractivity contribution in [3.8, 4) is 11.1 Å². The number of thiophene rings is 2. The Kier molecular flexibility index (Phi) is 12.2. The summed E-state index contributed by atoms with van der Waals surface area (Å²) >= 11 is 3.91. The van der Waals surface area contributed by atoms with E-state index < -0.39 is 0 Å². The van der Waals surface area contributed by atoms with Crippen LogP contribution in [0.5, 0.6) is 0 Å². The van der Waals surface area contributed by atoms with Crippen molar-refractivity contribution in [2.45, 2.75) is 156 Å². The maximum absolute atomic E-state index is 7.38. The van der Waals surface area contributed by atoms with E-state index in [0.717, 1.165) is 51.8 Å². The molecule has 0 unspecified atom stereocenters. The van der Waals surface area contributed by atoms with Gasteiger partial charge in [-0.2, -0.15) is 0 Å². The predicted molar refractivity (Wildman–Crippen MR) is 380 cm³/mol. The van der Waals surface area contributed by atoms with E-state index in [-0.39, 0.29) is 39.3 Å². The van der Waals surface area contributed by atoms with Crippen LogP contribution in [0.2, 0.25) is 0 Å². The number of rotatable bonds is 5. The molecule has 436 valence electrons. The van der Waals surface area contributed by atoms with Crippen molar-refractivity contribution in [2.24, 2.45) is 0 Å². The molecule has 9 aromatic carbocycles. The maximum Gasteiger partial charge on any atom is 0.343 e. The van der Waals surface area contributed by atoms with Crippen LogP contribution >= 0.6 is 22.7 Å². The summed E-state index contributed by atoms with van der Waals surface area (Å²) in [6.07, 6.45) is 2.32. The second kappa shape index (κ2) is 19.0. The van der Waals surface area contributed by atoms with Gasteiger partial charge in [-0.05, 0) is 187 Å². The normalized spacial score (nSPS) is 15.6. The zero-order chi connectivity index (χ0) is 60.8. The van der Waals surface area contributed by atoms with Crippen LogP contribution in [-0.4, -0.2) is 6.85 Å². The van der Waals surface area contributed by atoms with E-state index in [4.69, 9.17) is 4.42 Å². The molecule has 3 aromatic heterocycles. The van der Waals surface area contributed by atoms with E-state index >= 15 is 0 Å². The van der Waals surface area contributed by atoms with Crippen molar-refractivity contribution in [3.05, 3.63) is 203 Å². The lowest BCUT2D eigenvalue weighted by Crippen LogP contribution is -2.60. The summed E-state index contributed by atoms with van der Waals surface area (Å²) in [5, 5.41) is 6.08. The van der Waals surface area contributed by atoms with Crippen molar-refractivity contribution in [1.29, 1.82) is 0 Å². The molecule has 7 heteroatoms. The molecule has 0 saturated heterocycles. The topological polar surface area (TPSA) is 22.9 Å². The molecule has 12 aromatic rings. The molecule has 0 saturated carbocycles. The Morgan fingerprint density at radius 2 is 0.954 bits per heavy atom. The molecule has 0 fully saturated rings. The number of hydrogen-bond acceptors (Lipinski definition) is 6. The first-order valence-electron chi connectivity index (χ1n) is 31.5. The molecule has 2 aliphatic heterocycles. The van der Waals surface area contributed by atoms with Crippen LogP contribution in [-0.2, 0) is 32.5 Å². The molecule has 87 heavy (non-hydrogen) atoms. The van der Waals surface area contributed by atoms with Crippen molar-refractivity contribution in [3.63, 3.8) is 0 Å². The Hall–Kier alpha value is -7.58. The Balaban J connectivity index is 1.04. The Morgan fingerprint density at radius 1 is 0.448 bits per heavy atom. The van der Waals surface area contributed by atoms with Gasteiger partial charge >= 0.3 is 6.85 Å². The number of furan rings is 1. The number of fused-ring (bicyclic) bond motifs is 14. The molecular weight excluding hydrogens is 1090 g/mol. The van der Waals surface area contributed by atoms with E-state index in [0.29, 0.717) is 0 Å². The highest BCUT2D eigenvalue weighted by molar-refractivity contribution is 7.32. The minimum absolute atomic E-state index is 0.00460. The molecule has 4 nitrogen and oxygen atoms in total. The fraction of sp³-hybridized carbons (Fsp3) is 0.300. The molecule has 15 rings (SSSR count). The zero-order valence-electron chi connectivity index (χ0n) is 53.7. The maximum atomic E-state index is 7.38. The summed E-state index contributed by atoms with van der Waals surface area (Å²) < 4.78 is 12.6. The zero-order valence-corrected chi connectivity index (χ0v) is 55.4. The quantitative estimate of drug-likeness (QED) is 0.160. The summed E-state index contributed by atoms with van der Waals surface area (Å²) in [5.41, 5.74) is 23.3. The molecule has 0 atom stereocenters. The summed E-state index contributed by atoms with van der Waals surface area (Å²) in [6.45, 7) is 37.4. The molecule has 0 bridgehead atoms. The number of benzene rings is 9. The van der Waals surface area contributed by atoms with Crippen LogP contribution in [0.4, 0.5) is 45.5 Å². The lowest BCUT2D eigenvalue weighted by molar-refractivity contribution is 0.332. The van der Waals surface area contributed by atoms with Crippen LogP contribution in [0.25, 0.3) is 63.3 Å². The third-order valence-corrected chi connectivity index (χ3v) is 22.3. The molecule has 5 heterocycles. The Morgan fingerprint density at radius 3 is 1.53 bits per heavy atom. The van der Waals surface area contributed by atoms with Crippen molar-refractivity contribution in [1.82, 2.24) is 0 Å². The van der Waals surface area contributed by atoms with Gasteiger partial charge in [0.25, 0.3) is 0 Å². The summed E-state index contributed by atoms with van der Waals surface area (Å²) in [4.78, 5) is 7.84. The SMILES string of the molecule is CC(C)(C)c1ccc(N2B3c4sc5cc6c(cc5c4N(c4ccc(C(C)(C)C)cc4)c4cc5c(oc7ccccc75)c(c43)-c3cc4c(cc32)sc2ccc(N(c3ccc(C(C)(C)C)cc3)c3ccc(C(C)(C)C)cc3)cc24)C(C)(C)CCC6(C)C)cc1. The Bertz CT molecular complexity index is 4720. The standard InChI is InChI=1S/C80H80BN3OS2/c1-75(2,3)47-21-29-51(30-22-47)82(52-31-23-48(24-32-52)76(4,5)6)55-37-38-67-57(41-55)58-42-60-64(46-69(58)86-67)84(54-35-27-50(28-36-54)78(10,11)12)81-71-65(44-59-56-19-17-18-20-66(56)85-73(59)70(60)71)83(53-33-25-49(26-34-53)77(7,8)9)72-61-43-62-63(45-68(61)87-74(72)81)80(15,16)40-39-79(62,13)14/h17-38,41-46H,39-40H2,1-16H3. The van der Waals surface area contributed by atoms with Crippen LogP contribution in [0.3, 0.4) is 0 Å². The smallest absolute Gasteiger partial charge is 0.343 e. The second-order valence-corrected chi connectivity index (χ2v) is 33.1. The number of nitrogens with zero attached hydrogens (tertiary/aromatic N) is 3. The van der Waals surface area contributed by atoms with Crippen LogP contribution < -0.4 is 24.9 Å². The van der Waals surface area contributed by atoms with Gasteiger partial charge in [-0.1, -0.05) is 178 Å². The first kappa shape index (κ1) is 56.0. The van der Waals surface area contributed by atoms with E-state index in [1.54, 1.807) is 0 Å². The van der Waals surface area contributed by atoms with Gasteiger partial charge in [0.05, 0.1) is 5.69 Å². The monoisotopic (exact) mass is 1170 g/mol. The van der Waals surface area contributed by atoms with Gasteiger partial charge in [-0.3, -0.25) is 0 Å². The summed E-state index contributed by atoms with van der Waals surface area (Å²) in [6, 6.07) is 66.2. The number of para-hydroxylation sites is 1. The van der Waals surface area contributed by atoms with Gasteiger partial charge in [0.2, 0.25) is 0 Å². The van der Waals surface area contributed by atoms with E-state index in [9.17, 15) is 0 Å². The van der Waals surface area contributed by atoms with Crippen LogP contribution in [0.15, 0.2) is 174 Å². The fourth-order valence-electron chi connectivity index (χ4n) is 14.6. The van der Waals surface area contributed by atoms with E-state index in [1.165, 1.54) is 113 Å². The number of anilines is 8. The van der Waals surface area contributed by atoms with Gasteiger partial charge in [0.15, 0.2) is 0 Å². The van der Waals surface area contributed by atoms with Gasteiger partial charge in [-0.15, -0.1) is 22.7 Å². The first-order chi connectivity index (χ1) is 41.1. The van der Waals surface area contributed by atoms with E-state index in [2.05, 4.69) is 295 Å². The van der Waals surface area contributed by atoms with Gasteiger partial charge < -0.3 is 19.0 Å². The molecular formula is C80H80BN3OS2. The molecule has 1 aliphatic carbocycles. The molecule has 0 radical (unpaired) electrons. The molecule has 3 aliphatic rings. The minimum atomic E-state index is -0.183. The van der Waals surface area contributed by atoms with Crippen LogP contribution in [0.1, 0.15) is 157 Å². The average molecular weight is 1170 g/mol. The fourth-order valence-corrected chi connectivity index (χ4v) is 17.0. The van der Waals surface area contributed by atoms with Gasteiger partial charge in [0.1, 0.15) is 11.2 Å². The van der Waals surface area contributed by atoms with Crippen molar-refractivity contribution in [2.75, 3.05) is 14.6 Å². The van der Waals surface area contributed by atoms with Crippen molar-refractivity contribution >= 4 is 137 Å². The highest BCUT2D eigenvalue weighted by atomic mass is 32.1. The lowest BCUT2D eigenvalue weighted by Gasteiger charge is -2.45. The minimum Gasteiger partial charge on any atom is -0.455 e. The predicted octanol–water partition coefficient (Wildman–Crippen LogP) is 22.9. The third-order valence-electron chi connectivity index (χ3n) is 19.9. The second-order valence-electron chi connectivity index (χ2n) is 30.9. The lowest BCUT2D eigenvalue weighted by atomic mass is 9.46. The van der Waals surface area contributed by atoms with Gasteiger partial charge in [-0.25, -0.2) is 0 Å². The molecule has 0 amide bonds. The van der Waals surface area contributed by atoms with Gasteiger partial charge in [0, 0.05) is 96.7 Å². The largest absolute Gasteiger partial charge is 0.455 e. The summed E-state index contributed by atoms with van der Waals surface area (Å²) in [5.74, 6) is 0. The third kappa shape index (κ3) is 8.86. The van der Waals surface area contributed by atoms with Crippen LogP contribution in [0, 0.1) is 0 Å². The number of hydrogen-bond donors (Lipinski definition) is 0. The Labute approximate surface area is 523 Å². The molecule has 0 spiro atoms. The first-order valence-corrected chi connectivity index (χ1v) is 33.2. The van der Waals surface area contributed by atoms with E-state index in [1.807, 2.05) is 22.7 Å². The highest BCUT2D eigenvalue weighted by Gasteiger charge is 2.49. The average Bonchev–Trinajstić information content (AvgIpc) is 1.65.